The van der Waals surface area contributed by atoms with Crippen molar-refractivity contribution in [2.75, 3.05) is 49.6 Å². The van der Waals surface area contributed by atoms with Crippen molar-refractivity contribution in [1.82, 2.24) is 15.5 Å². The van der Waals surface area contributed by atoms with Crippen LogP contribution in [0.3, 0.4) is 0 Å². The molecule has 1 aromatic carbocycles. The topological polar surface area (TPSA) is 79.4 Å². The summed E-state index contributed by atoms with van der Waals surface area (Å²) in [6, 6.07) is 10.2. The van der Waals surface area contributed by atoms with Gasteiger partial charge in [-0.1, -0.05) is 29.8 Å². The molecule has 0 spiro atoms. The summed E-state index contributed by atoms with van der Waals surface area (Å²) in [4.78, 5) is 14.2. The Bertz CT molecular complexity index is 747. The van der Waals surface area contributed by atoms with E-state index in [2.05, 4.69) is 50.9 Å². The van der Waals surface area contributed by atoms with Crippen LogP contribution in [0.2, 0.25) is 0 Å². The number of aryl methyl sites for hydroxylation is 2. The van der Waals surface area contributed by atoms with Crippen LogP contribution in [0.5, 0.6) is 0 Å². The van der Waals surface area contributed by atoms with E-state index < -0.39 is 0 Å². The summed E-state index contributed by atoms with van der Waals surface area (Å²) < 4.78 is 5.37. The maximum atomic E-state index is 12.0. The molecule has 0 aliphatic carbocycles. The van der Waals surface area contributed by atoms with Gasteiger partial charge in [0.25, 0.3) is 0 Å². The third-order valence-electron chi connectivity index (χ3n) is 4.49. The Kier molecular flexibility index (Phi) is 6.98. The Balaban J connectivity index is 1.36. The van der Waals surface area contributed by atoms with E-state index in [1.807, 2.05) is 12.1 Å². The predicted octanol–water partition coefficient (Wildman–Crippen LogP) is 1.78. The summed E-state index contributed by atoms with van der Waals surface area (Å²) in [5.41, 5.74) is 3.45. The number of ether oxygens (including phenoxy) is 1. The molecule has 7 heteroatoms. The van der Waals surface area contributed by atoms with Crippen molar-refractivity contribution in [3.63, 3.8) is 0 Å². The molecule has 1 aromatic heterocycles. The van der Waals surface area contributed by atoms with Gasteiger partial charge in [-0.25, -0.2) is 0 Å². The number of hydrogen-bond acceptors (Lipinski definition) is 6. The smallest absolute Gasteiger partial charge is 0.220 e. The molecule has 1 fully saturated rings. The molecule has 2 heterocycles. The Hall–Kier alpha value is -2.67. The molecule has 1 aliphatic rings. The number of rotatable bonds is 8. The quantitative estimate of drug-likeness (QED) is 0.691. The van der Waals surface area contributed by atoms with E-state index in [0.717, 1.165) is 38.4 Å². The monoisotopic (exact) mass is 369 g/mol. The number of aromatic nitrogens is 2. The van der Waals surface area contributed by atoms with Crippen molar-refractivity contribution in [2.45, 2.75) is 19.8 Å². The fraction of sp³-hybridized carbons (Fsp3) is 0.450. The molecule has 0 radical (unpaired) electrons. The number of anilines is 2. The van der Waals surface area contributed by atoms with Crippen molar-refractivity contribution in [2.24, 2.45) is 0 Å². The molecule has 1 saturated heterocycles. The van der Waals surface area contributed by atoms with Crippen LogP contribution in [0.4, 0.5) is 11.5 Å². The van der Waals surface area contributed by atoms with Crippen molar-refractivity contribution < 1.29 is 9.53 Å². The first kappa shape index (κ1) is 19.1. The first-order chi connectivity index (χ1) is 13.2. The molecule has 0 bridgehead atoms. The lowest BCUT2D eigenvalue weighted by molar-refractivity contribution is -0.120. The molecule has 1 amide bonds. The van der Waals surface area contributed by atoms with E-state index in [4.69, 9.17) is 4.74 Å². The third-order valence-corrected chi connectivity index (χ3v) is 4.49. The van der Waals surface area contributed by atoms with Crippen LogP contribution in [-0.2, 0) is 16.0 Å². The lowest BCUT2D eigenvalue weighted by atomic mass is 10.1. The van der Waals surface area contributed by atoms with Gasteiger partial charge in [0.2, 0.25) is 5.91 Å². The minimum absolute atomic E-state index is 0.0615. The van der Waals surface area contributed by atoms with Crippen LogP contribution in [0.1, 0.15) is 17.5 Å². The van der Waals surface area contributed by atoms with Gasteiger partial charge in [0.1, 0.15) is 0 Å². The number of morpholine rings is 1. The SMILES string of the molecule is Cc1cccc(CCC(=O)NCCNc2cc(N3CCOCC3)cnn2)c1. The highest BCUT2D eigenvalue weighted by Crippen LogP contribution is 2.16. The number of benzene rings is 1. The van der Waals surface area contributed by atoms with E-state index in [0.29, 0.717) is 25.3 Å². The average molecular weight is 369 g/mol. The molecular formula is C20H27N5O2. The molecule has 3 rings (SSSR count). The lowest BCUT2D eigenvalue weighted by Gasteiger charge is -2.28. The second-order valence-corrected chi connectivity index (χ2v) is 6.66. The summed E-state index contributed by atoms with van der Waals surface area (Å²) in [6.45, 7) is 6.42. The normalized spacial score (nSPS) is 14.0. The van der Waals surface area contributed by atoms with Crippen LogP contribution in [0.25, 0.3) is 0 Å². The first-order valence-corrected chi connectivity index (χ1v) is 9.42. The molecule has 0 unspecified atom stereocenters. The number of carbonyl (C=O) groups is 1. The Morgan fingerprint density at radius 1 is 1.22 bits per heavy atom. The third kappa shape index (κ3) is 6.21. The highest BCUT2D eigenvalue weighted by molar-refractivity contribution is 5.76. The average Bonchev–Trinajstić information content (AvgIpc) is 2.71. The standard InChI is InChI=1S/C20H27N5O2/c1-16-3-2-4-17(13-16)5-6-20(26)22-8-7-21-19-14-18(15-23-24-19)25-9-11-27-12-10-25/h2-4,13-15H,5-12H2,1H3,(H,21,24)(H,22,26). The van der Waals surface area contributed by atoms with Crippen molar-refractivity contribution in [3.8, 4) is 0 Å². The minimum Gasteiger partial charge on any atom is -0.378 e. The van der Waals surface area contributed by atoms with Crippen LogP contribution >= 0.6 is 0 Å². The van der Waals surface area contributed by atoms with E-state index in [1.54, 1.807) is 6.20 Å². The van der Waals surface area contributed by atoms with Gasteiger partial charge in [-0.3, -0.25) is 4.79 Å². The van der Waals surface area contributed by atoms with E-state index in [1.165, 1.54) is 11.1 Å². The molecule has 0 atom stereocenters. The van der Waals surface area contributed by atoms with E-state index in [9.17, 15) is 4.79 Å². The van der Waals surface area contributed by atoms with Crippen LogP contribution in [-0.4, -0.2) is 55.5 Å². The van der Waals surface area contributed by atoms with Gasteiger partial charge in [0.05, 0.1) is 25.1 Å². The number of hydrogen-bond donors (Lipinski definition) is 2. The van der Waals surface area contributed by atoms with Crippen molar-refractivity contribution in [1.29, 1.82) is 0 Å². The van der Waals surface area contributed by atoms with Gasteiger partial charge in [-0.15, -0.1) is 5.10 Å². The van der Waals surface area contributed by atoms with Crippen molar-refractivity contribution >= 4 is 17.4 Å². The zero-order chi connectivity index (χ0) is 18.9. The van der Waals surface area contributed by atoms with E-state index >= 15 is 0 Å². The summed E-state index contributed by atoms with van der Waals surface area (Å²) >= 11 is 0. The summed E-state index contributed by atoms with van der Waals surface area (Å²) in [7, 11) is 0. The van der Waals surface area contributed by atoms with Gasteiger partial charge >= 0.3 is 0 Å². The van der Waals surface area contributed by atoms with Gasteiger partial charge < -0.3 is 20.3 Å². The maximum Gasteiger partial charge on any atom is 0.220 e. The van der Waals surface area contributed by atoms with Gasteiger partial charge in [-0.2, -0.15) is 5.10 Å². The van der Waals surface area contributed by atoms with Crippen LogP contribution in [0.15, 0.2) is 36.5 Å². The fourth-order valence-corrected chi connectivity index (χ4v) is 3.04. The molecule has 27 heavy (non-hydrogen) atoms. The molecule has 2 aromatic rings. The number of nitrogens with zero attached hydrogens (tertiary/aromatic N) is 3. The maximum absolute atomic E-state index is 12.0. The Labute approximate surface area is 160 Å². The zero-order valence-corrected chi connectivity index (χ0v) is 15.8. The highest BCUT2D eigenvalue weighted by atomic mass is 16.5. The Morgan fingerprint density at radius 2 is 2.07 bits per heavy atom. The summed E-state index contributed by atoms with van der Waals surface area (Å²) in [5, 5.41) is 14.3. The molecular weight excluding hydrogens is 342 g/mol. The number of amides is 1. The summed E-state index contributed by atoms with van der Waals surface area (Å²) in [6.07, 6.45) is 3.02. The lowest BCUT2D eigenvalue weighted by Crippen LogP contribution is -2.36. The molecule has 2 N–H and O–H groups in total. The first-order valence-electron chi connectivity index (χ1n) is 9.42. The molecule has 7 nitrogen and oxygen atoms in total. The van der Waals surface area contributed by atoms with Gasteiger partial charge in [0, 0.05) is 38.7 Å². The largest absolute Gasteiger partial charge is 0.378 e. The second-order valence-electron chi connectivity index (χ2n) is 6.66. The highest BCUT2D eigenvalue weighted by Gasteiger charge is 2.12. The van der Waals surface area contributed by atoms with Gasteiger partial charge in [-0.05, 0) is 18.9 Å². The van der Waals surface area contributed by atoms with Crippen LogP contribution < -0.4 is 15.5 Å². The zero-order valence-electron chi connectivity index (χ0n) is 15.8. The molecule has 0 saturated carbocycles. The summed E-state index contributed by atoms with van der Waals surface area (Å²) in [5.74, 6) is 0.777. The minimum atomic E-state index is 0.0615. The predicted molar refractivity (Wildman–Crippen MR) is 106 cm³/mol. The van der Waals surface area contributed by atoms with Crippen LogP contribution in [0, 0.1) is 6.92 Å². The van der Waals surface area contributed by atoms with Crippen molar-refractivity contribution in [3.05, 3.63) is 47.7 Å². The fourth-order valence-electron chi connectivity index (χ4n) is 3.04. The molecule has 1 aliphatic heterocycles. The Morgan fingerprint density at radius 3 is 2.89 bits per heavy atom. The molecule has 144 valence electrons. The number of carbonyl (C=O) groups excluding carboxylic acids is 1. The second kappa shape index (κ2) is 9.87. The number of nitrogens with one attached hydrogen (secondary N) is 2. The van der Waals surface area contributed by atoms with Gasteiger partial charge in [0.15, 0.2) is 5.82 Å². The van der Waals surface area contributed by atoms with E-state index in [-0.39, 0.29) is 5.91 Å².